The number of hydrazone groups is 1. The van der Waals surface area contributed by atoms with E-state index >= 15 is 0 Å². The summed E-state index contributed by atoms with van der Waals surface area (Å²) in [5.41, 5.74) is 0.693. The standard InChI is InChI=1S/C17H24N4O5S/c1-13-4-6-15(7-5-13)27(24,25)20-9-8-19(16(20)18-21(22)23)11-14-10-17(2,3)26-12-14/h4-7,14H,8-12H2,1-3H3. The molecular formula is C17H24N4O5S. The second kappa shape index (κ2) is 7.08. The highest BCUT2D eigenvalue weighted by Crippen LogP contribution is 2.31. The third-order valence-electron chi connectivity index (χ3n) is 4.83. The van der Waals surface area contributed by atoms with Crippen LogP contribution in [0.4, 0.5) is 0 Å². The van der Waals surface area contributed by atoms with Crippen molar-refractivity contribution in [2.75, 3.05) is 26.2 Å². The van der Waals surface area contributed by atoms with E-state index < -0.39 is 15.1 Å². The molecule has 3 rings (SSSR count). The van der Waals surface area contributed by atoms with Crippen molar-refractivity contribution in [2.45, 2.75) is 37.7 Å². The van der Waals surface area contributed by atoms with Crippen LogP contribution in [0.5, 0.6) is 0 Å². The van der Waals surface area contributed by atoms with E-state index in [1.165, 1.54) is 12.1 Å². The molecule has 0 bridgehead atoms. The minimum absolute atomic E-state index is 0.0938. The summed E-state index contributed by atoms with van der Waals surface area (Å²) in [6.07, 6.45) is 0.806. The Kier molecular flexibility index (Phi) is 5.13. The van der Waals surface area contributed by atoms with Crippen molar-refractivity contribution in [2.24, 2.45) is 11.0 Å². The maximum absolute atomic E-state index is 13.0. The highest BCUT2D eigenvalue weighted by Gasteiger charge is 2.41. The SMILES string of the molecule is Cc1ccc(S(=O)(=O)N2CCN(CC3COC(C)(C)C3)C2=N[N+](=O)[O-])cc1. The van der Waals surface area contributed by atoms with E-state index in [0.29, 0.717) is 19.7 Å². The molecule has 2 aliphatic heterocycles. The Morgan fingerprint density at radius 3 is 2.52 bits per heavy atom. The number of rotatable bonds is 5. The Bertz CT molecular complexity index is 851. The molecule has 0 aliphatic carbocycles. The molecule has 10 heteroatoms. The molecule has 1 aromatic rings. The van der Waals surface area contributed by atoms with Crippen LogP contribution >= 0.6 is 0 Å². The van der Waals surface area contributed by atoms with Crippen LogP contribution in [0, 0.1) is 23.0 Å². The van der Waals surface area contributed by atoms with Gasteiger partial charge in [-0.05, 0) is 39.3 Å². The molecule has 0 radical (unpaired) electrons. The summed E-state index contributed by atoms with van der Waals surface area (Å²) in [7, 11) is -3.91. The van der Waals surface area contributed by atoms with Crippen molar-refractivity contribution in [1.29, 1.82) is 0 Å². The number of guanidine groups is 1. The summed E-state index contributed by atoms with van der Waals surface area (Å²) in [6.45, 7) is 7.34. The lowest BCUT2D eigenvalue weighted by Crippen LogP contribution is -2.40. The molecule has 1 unspecified atom stereocenters. The summed E-state index contributed by atoms with van der Waals surface area (Å²) in [4.78, 5) is 12.8. The first-order valence-corrected chi connectivity index (χ1v) is 10.2. The average molecular weight is 396 g/mol. The lowest BCUT2D eigenvalue weighted by atomic mass is 9.97. The van der Waals surface area contributed by atoms with Crippen molar-refractivity contribution in [3.05, 3.63) is 39.9 Å². The molecule has 0 saturated carbocycles. The van der Waals surface area contributed by atoms with E-state index in [2.05, 4.69) is 5.10 Å². The molecule has 1 atom stereocenters. The molecule has 2 saturated heterocycles. The van der Waals surface area contributed by atoms with Gasteiger partial charge in [-0.15, -0.1) is 0 Å². The summed E-state index contributed by atoms with van der Waals surface area (Å²) >= 11 is 0. The summed E-state index contributed by atoms with van der Waals surface area (Å²) in [6, 6.07) is 6.40. The molecule has 148 valence electrons. The molecule has 0 aromatic heterocycles. The van der Waals surface area contributed by atoms with E-state index in [0.717, 1.165) is 16.3 Å². The third kappa shape index (κ3) is 4.22. The molecule has 1 aromatic carbocycles. The van der Waals surface area contributed by atoms with E-state index in [-0.39, 0.29) is 28.9 Å². The zero-order valence-electron chi connectivity index (χ0n) is 15.7. The fraction of sp³-hybridized carbons (Fsp3) is 0.588. The van der Waals surface area contributed by atoms with Crippen LogP contribution < -0.4 is 0 Å². The van der Waals surface area contributed by atoms with Gasteiger partial charge in [-0.3, -0.25) is 0 Å². The molecule has 0 N–H and O–H groups in total. The van der Waals surface area contributed by atoms with Gasteiger partial charge in [-0.2, -0.15) is 0 Å². The predicted octanol–water partition coefficient (Wildman–Crippen LogP) is 1.66. The highest BCUT2D eigenvalue weighted by atomic mass is 32.2. The lowest BCUT2D eigenvalue weighted by Gasteiger charge is -2.23. The molecule has 9 nitrogen and oxygen atoms in total. The Balaban J connectivity index is 1.85. The van der Waals surface area contributed by atoms with Crippen LogP contribution in [-0.2, 0) is 14.8 Å². The quantitative estimate of drug-likeness (QED) is 0.554. The van der Waals surface area contributed by atoms with Gasteiger partial charge in [0.05, 0.1) is 23.6 Å². The monoisotopic (exact) mass is 396 g/mol. The molecule has 0 amide bonds. The first-order valence-electron chi connectivity index (χ1n) is 8.80. The average Bonchev–Trinajstić information content (AvgIpc) is 3.11. The zero-order valence-corrected chi connectivity index (χ0v) is 16.5. The summed E-state index contributed by atoms with van der Waals surface area (Å²) in [5.74, 6) is 0.0317. The molecule has 2 heterocycles. The van der Waals surface area contributed by atoms with Crippen LogP contribution in [-0.4, -0.2) is 60.5 Å². The minimum atomic E-state index is -3.91. The first-order chi connectivity index (χ1) is 12.6. The van der Waals surface area contributed by atoms with Crippen molar-refractivity contribution < 1.29 is 18.2 Å². The Labute approximate surface area is 158 Å². The maximum atomic E-state index is 13.0. The van der Waals surface area contributed by atoms with Gasteiger partial charge in [-0.25, -0.2) is 22.8 Å². The lowest BCUT2D eigenvalue weighted by molar-refractivity contribution is -0.486. The predicted molar refractivity (Wildman–Crippen MR) is 99.2 cm³/mol. The summed E-state index contributed by atoms with van der Waals surface area (Å²) in [5, 5.41) is 13.6. The van der Waals surface area contributed by atoms with E-state index in [1.807, 2.05) is 20.8 Å². The van der Waals surface area contributed by atoms with Gasteiger partial charge >= 0.3 is 0 Å². The molecule has 0 spiro atoms. The number of nitro groups is 1. The number of benzene rings is 1. The van der Waals surface area contributed by atoms with Crippen molar-refractivity contribution in [3.8, 4) is 0 Å². The number of sulfonamides is 1. The van der Waals surface area contributed by atoms with Crippen LogP contribution in [0.25, 0.3) is 0 Å². The van der Waals surface area contributed by atoms with Crippen LogP contribution in [0.15, 0.2) is 34.3 Å². The fourth-order valence-electron chi connectivity index (χ4n) is 3.58. The fourth-order valence-corrected chi connectivity index (χ4v) is 5.00. The minimum Gasteiger partial charge on any atom is -0.375 e. The van der Waals surface area contributed by atoms with Crippen LogP contribution in [0.2, 0.25) is 0 Å². The van der Waals surface area contributed by atoms with Gasteiger partial charge in [0.1, 0.15) is 5.10 Å². The Morgan fingerprint density at radius 2 is 1.96 bits per heavy atom. The second-order valence-electron chi connectivity index (χ2n) is 7.61. The van der Waals surface area contributed by atoms with Gasteiger partial charge in [0.2, 0.25) is 0 Å². The Hall–Kier alpha value is -2.20. The molecular weight excluding hydrogens is 372 g/mol. The topological polar surface area (TPSA) is 105 Å². The smallest absolute Gasteiger partial charge is 0.288 e. The van der Waals surface area contributed by atoms with Gasteiger partial charge < -0.3 is 9.64 Å². The van der Waals surface area contributed by atoms with Crippen molar-refractivity contribution in [1.82, 2.24) is 9.21 Å². The van der Waals surface area contributed by atoms with E-state index in [1.54, 1.807) is 17.0 Å². The van der Waals surface area contributed by atoms with Gasteiger partial charge in [0, 0.05) is 19.0 Å². The Morgan fingerprint density at radius 1 is 1.30 bits per heavy atom. The van der Waals surface area contributed by atoms with E-state index in [4.69, 9.17) is 4.74 Å². The number of hydrogen-bond acceptors (Lipinski definition) is 5. The van der Waals surface area contributed by atoms with Gasteiger partial charge in [-0.1, -0.05) is 17.7 Å². The maximum Gasteiger partial charge on any atom is 0.288 e. The second-order valence-corrected chi connectivity index (χ2v) is 9.48. The van der Waals surface area contributed by atoms with Gasteiger partial charge in [0.25, 0.3) is 16.0 Å². The molecule has 2 fully saturated rings. The largest absolute Gasteiger partial charge is 0.375 e. The number of nitrogens with zero attached hydrogens (tertiary/aromatic N) is 4. The van der Waals surface area contributed by atoms with Crippen molar-refractivity contribution >= 4 is 16.0 Å². The molecule has 27 heavy (non-hydrogen) atoms. The third-order valence-corrected chi connectivity index (χ3v) is 6.62. The van der Waals surface area contributed by atoms with Gasteiger partial charge in [0.15, 0.2) is 5.03 Å². The summed E-state index contributed by atoms with van der Waals surface area (Å²) < 4.78 is 32.7. The number of hydrogen-bond donors (Lipinski definition) is 0. The highest BCUT2D eigenvalue weighted by molar-refractivity contribution is 7.89. The molecule has 2 aliphatic rings. The normalized spacial score (nSPS) is 24.0. The van der Waals surface area contributed by atoms with Crippen LogP contribution in [0.3, 0.4) is 0 Å². The van der Waals surface area contributed by atoms with Crippen molar-refractivity contribution in [3.63, 3.8) is 0 Å². The van der Waals surface area contributed by atoms with E-state index in [9.17, 15) is 18.5 Å². The first kappa shape index (κ1) is 19.6. The zero-order chi connectivity index (χ0) is 19.8. The number of aryl methyl sites for hydroxylation is 1. The number of ether oxygens (including phenoxy) is 1. The van der Waals surface area contributed by atoms with Crippen LogP contribution in [0.1, 0.15) is 25.8 Å².